The van der Waals surface area contributed by atoms with E-state index < -0.39 is 0 Å². The smallest absolute Gasteiger partial charge is 0.231 e. The number of nitrogens with zero attached hydrogens (tertiary/aromatic N) is 1. The first-order valence-electron chi connectivity index (χ1n) is 7.99. The molecule has 6 heteroatoms. The van der Waals surface area contributed by atoms with E-state index in [1.807, 2.05) is 50.2 Å². The maximum absolute atomic E-state index is 5.91. The van der Waals surface area contributed by atoms with Gasteiger partial charge in [0.15, 0.2) is 17.3 Å². The Kier molecular flexibility index (Phi) is 3.21. The predicted octanol–water partition coefficient (Wildman–Crippen LogP) is 5.13. The van der Waals surface area contributed by atoms with Crippen LogP contribution < -0.4 is 9.47 Å². The molecule has 0 saturated heterocycles. The van der Waals surface area contributed by atoms with Crippen molar-refractivity contribution in [2.24, 2.45) is 4.99 Å². The van der Waals surface area contributed by atoms with Gasteiger partial charge >= 0.3 is 0 Å². The highest BCUT2D eigenvalue weighted by atomic mass is 32.2. The minimum Gasteiger partial charge on any atom is -0.465 e. The van der Waals surface area contributed by atoms with Gasteiger partial charge in [-0.15, -0.1) is 0 Å². The Morgan fingerprint density at radius 3 is 2.44 bits per heavy atom. The summed E-state index contributed by atoms with van der Waals surface area (Å²) in [5.74, 6) is 4.87. The lowest BCUT2D eigenvalue weighted by atomic mass is 10.1. The molecule has 0 amide bonds. The zero-order valence-corrected chi connectivity index (χ0v) is 14.6. The van der Waals surface area contributed by atoms with Gasteiger partial charge in [-0.25, -0.2) is 4.99 Å². The van der Waals surface area contributed by atoms with Crippen molar-refractivity contribution in [2.75, 3.05) is 6.79 Å². The third-order valence-corrected chi connectivity index (χ3v) is 5.46. The third-order valence-electron chi connectivity index (χ3n) is 4.23. The molecular formula is C19H15NO4S. The normalized spacial score (nSPS) is 18.2. The second kappa shape index (κ2) is 5.46. The lowest BCUT2D eigenvalue weighted by Crippen LogP contribution is -2.07. The fourth-order valence-electron chi connectivity index (χ4n) is 3.03. The molecule has 126 valence electrons. The minimum atomic E-state index is -0.0175. The van der Waals surface area contributed by atoms with Crippen LogP contribution in [0.5, 0.6) is 11.5 Å². The second-order valence-electron chi connectivity index (χ2n) is 6.04. The molecule has 0 bridgehead atoms. The summed E-state index contributed by atoms with van der Waals surface area (Å²) in [6.07, 6.45) is 0. The number of hydrogen-bond donors (Lipinski definition) is 0. The van der Waals surface area contributed by atoms with Crippen LogP contribution in [0.4, 0.5) is 5.69 Å². The fourth-order valence-corrected chi connectivity index (χ4v) is 4.19. The van der Waals surface area contributed by atoms with Crippen LogP contribution in [-0.2, 0) is 0 Å². The summed E-state index contributed by atoms with van der Waals surface area (Å²) in [5.41, 5.74) is 1.90. The molecule has 1 atom stereocenters. The summed E-state index contributed by atoms with van der Waals surface area (Å²) in [7, 11) is 0. The van der Waals surface area contributed by atoms with E-state index in [4.69, 9.17) is 23.3 Å². The van der Waals surface area contributed by atoms with Crippen molar-refractivity contribution < 1.29 is 18.3 Å². The van der Waals surface area contributed by atoms with Crippen LogP contribution in [0.3, 0.4) is 0 Å². The molecule has 0 spiro atoms. The molecular weight excluding hydrogens is 338 g/mol. The molecule has 4 heterocycles. The van der Waals surface area contributed by atoms with Gasteiger partial charge in [-0.2, -0.15) is 0 Å². The van der Waals surface area contributed by atoms with Crippen molar-refractivity contribution in [3.63, 3.8) is 0 Å². The molecule has 0 fully saturated rings. The molecule has 2 aromatic heterocycles. The molecule has 5 rings (SSSR count). The van der Waals surface area contributed by atoms with Crippen LogP contribution in [0, 0.1) is 13.8 Å². The Bertz CT molecular complexity index is 1000. The average Bonchev–Trinajstić information content (AvgIpc) is 3.32. The SMILES string of the molecule is Cc1ccc(C2=Nc3cc4c(cc3C(c3ccc(C)o3)S2)OCO4)o1. The monoisotopic (exact) mass is 353 g/mol. The Morgan fingerprint density at radius 2 is 1.72 bits per heavy atom. The quantitative estimate of drug-likeness (QED) is 0.639. The minimum absolute atomic E-state index is 0.0175. The number of furan rings is 2. The van der Waals surface area contributed by atoms with Crippen LogP contribution in [-0.4, -0.2) is 11.8 Å². The second-order valence-corrected chi connectivity index (χ2v) is 7.13. The van der Waals surface area contributed by atoms with Crippen molar-refractivity contribution in [3.8, 4) is 11.5 Å². The van der Waals surface area contributed by atoms with Crippen molar-refractivity contribution in [1.29, 1.82) is 0 Å². The Balaban J connectivity index is 1.67. The third kappa shape index (κ3) is 2.44. The number of aryl methyl sites for hydroxylation is 2. The zero-order valence-electron chi connectivity index (χ0n) is 13.7. The van der Waals surface area contributed by atoms with E-state index in [0.717, 1.165) is 50.8 Å². The highest BCUT2D eigenvalue weighted by Crippen LogP contribution is 2.51. The van der Waals surface area contributed by atoms with Crippen LogP contribution in [0.2, 0.25) is 0 Å². The van der Waals surface area contributed by atoms with Gasteiger partial charge in [0.05, 0.1) is 10.9 Å². The lowest BCUT2D eigenvalue weighted by Gasteiger charge is -2.22. The molecule has 5 nitrogen and oxygen atoms in total. The summed E-state index contributed by atoms with van der Waals surface area (Å²) in [6, 6.07) is 11.8. The maximum Gasteiger partial charge on any atom is 0.231 e. The first-order chi connectivity index (χ1) is 12.2. The fraction of sp³-hybridized carbons (Fsp3) is 0.211. The van der Waals surface area contributed by atoms with Gasteiger partial charge in [0.1, 0.15) is 22.3 Å². The molecule has 0 aliphatic carbocycles. The van der Waals surface area contributed by atoms with E-state index in [-0.39, 0.29) is 12.0 Å². The van der Waals surface area contributed by atoms with Crippen molar-refractivity contribution in [1.82, 2.24) is 0 Å². The van der Waals surface area contributed by atoms with Crippen molar-refractivity contribution >= 4 is 22.5 Å². The van der Waals surface area contributed by atoms with Gasteiger partial charge in [0.2, 0.25) is 6.79 Å². The summed E-state index contributed by atoms with van der Waals surface area (Å²) in [4.78, 5) is 4.80. The van der Waals surface area contributed by atoms with E-state index in [1.54, 1.807) is 11.8 Å². The van der Waals surface area contributed by atoms with Gasteiger partial charge in [-0.3, -0.25) is 0 Å². The number of aliphatic imine (C=N–C) groups is 1. The Morgan fingerprint density at radius 1 is 0.960 bits per heavy atom. The molecule has 2 aliphatic rings. The number of rotatable bonds is 2. The first-order valence-corrected chi connectivity index (χ1v) is 8.87. The molecule has 0 N–H and O–H groups in total. The lowest BCUT2D eigenvalue weighted by molar-refractivity contribution is 0.174. The van der Waals surface area contributed by atoms with E-state index >= 15 is 0 Å². The summed E-state index contributed by atoms with van der Waals surface area (Å²) < 4.78 is 22.7. The number of fused-ring (bicyclic) bond motifs is 2. The average molecular weight is 353 g/mol. The van der Waals surface area contributed by atoms with Gasteiger partial charge in [-0.05, 0) is 44.2 Å². The summed E-state index contributed by atoms with van der Waals surface area (Å²) >= 11 is 1.62. The topological polar surface area (TPSA) is 57.1 Å². The maximum atomic E-state index is 5.91. The summed E-state index contributed by atoms with van der Waals surface area (Å²) in [5, 5.41) is 0.814. The van der Waals surface area contributed by atoms with Gasteiger partial charge in [0.25, 0.3) is 0 Å². The Hall–Kier alpha value is -2.60. The molecule has 0 radical (unpaired) electrons. The molecule has 3 aromatic rings. The molecule has 1 aromatic carbocycles. The van der Waals surface area contributed by atoms with Gasteiger partial charge in [-0.1, -0.05) is 11.8 Å². The van der Waals surface area contributed by atoms with Gasteiger partial charge in [0, 0.05) is 11.6 Å². The van der Waals surface area contributed by atoms with Crippen molar-refractivity contribution in [2.45, 2.75) is 19.1 Å². The molecule has 2 aliphatic heterocycles. The molecule has 0 saturated carbocycles. The van der Waals surface area contributed by atoms with Crippen molar-refractivity contribution in [3.05, 3.63) is 65.0 Å². The van der Waals surface area contributed by atoms with E-state index in [1.165, 1.54) is 0 Å². The van der Waals surface area contributed by atoms with Crippen LogP contribution in [0.25, 0.3) is 0 Å². The predicted molar refractivity (Wildman–Crippen MR) is 95.1 cm³/mol. The standard InChI is InChI=1S/C19H15NO4S/c1-10-3-5-14(23-10)18-12-7-16-17(22-9-21-16)8-13(12)20-19(25-18)15-6-4-11(2)24-15/h3-8,18H,9H2,1-2H3. The van der Waals surface area contributed by atoms with E-state index in [2.05, 4.69) is 0 Å². The largest absolute Gasteiger partial charge is 0.465 e. The highest BCUT2D eigenvalue weighted by Gasteiger charge is 2.32. The van der Waals surface area contributed by atoms with Crippen LogP contribution in [0.15, 0.2) is 50.2 Å². The molecule has 1 unspecified atom stereocenters. The number of benzene rings is 1. The van der Waals surface area contributed by atoms with Crippen LogP contribution >= 0.6 is 11.8 Å². The number of thioether (sulfide) groups is 1. The zero-order chi connectivity index (χ0) is 17.0. The summed E-state index contributed by atoms with van der Waals surface area (Å²) in [6.45, 7) is 4.11. The number of hydrogen-bond acceptors (Lipinski definition) is 6. The Labute approximate surface area is 148 Å². The molecule has 25 heavy (non-hydrogen) atoms. The first kappa shape index (κ1) is 14.7. The van der Waals surface area contributed by atoms with Gasteiger partial charge < -0.3 is 18.3 Å². The highest BCUT2D eigenvalue weighted by molar-refractivity contribution is 8.14. The van der Waals surface area contributed by atoms with Crippen LogP contribution in [0.1, 0.15) is 33.9 Å². The number of ether oxygens (including phenoxy) is 2. The van der Waals surface area contributed by atoms with E-state index in [9.17, 15) is 0 Å². The van der Waals surface area contributed by atoms with E-state index in [0.29, 0.717) is 0 Å².